The zero-order valence-electron chi connectivity index (χ0n) is 24.2. The predicted molar refractivity (Wildman–Crippen MR) is 150 cm³/mol. The molecule has 2 amide bonds. The van der Waals surface area contributed by atoms with E-state index in [9.17, 15) is 31.5 Å². The van der Waals surface area contributed by atoms with Crippen molar-refractivity contribution in [2.75, 3.05) is 20.3 Å². The van der Waals surface area contributed by atoms with Crippen LogP contribution in [0.25, 0.3) is 5.65 Å². The summed E-state index contributed by atoms with van der Waals surface area (Å²) in [6.07, 6.45) is 0.160. The van der Waals surface area contributed by atoms with Gasteiger partial charge in [-0.25, -0.2) is 20.2 Å². The predicted octanol–water partition coefficient (Wildman–Crippen LogP) is 5.08. The Morgan fingerprint density at radius 1 is 1.02 bits per heavy atom. The number of carbonyl (C=O) groups is 2. The van der Waals surface area contributed by atoms with Crippen LogP contribution in [0.3, 0.4) is 0 Å². The number of ether oxygens (including phenoxy) is 2. The molecule has 2 aromatic heterocycles. The molecule has 0 bridgehead atoms. The smallest absolute Gasteiger partial charge is 0.434 e. The molecule has 0 fully saturated rings. The molecule has 0 radical (unpaired) electrons. The molecule has 15 heteroatoms. The summed E-state index contributed by atoms with van der Waals surface area (Å²) in [7, 11) is 1.33. The SMILES string of the molecule is CC.COc1ccc(C2C=CC(=O)N(CCCCOc3ccc(C4=NNC(=O)CC4)c(F)c3F)N2)n2cc(C(F)(F)F)nc12. The minimum Gasteiger partial charge on any atom is -0.493 e. The lowest BCUT2D eigenvalue weighted by Crippen LogP contribution is -2.47. The van der Waals surface area contributed by atoms with Gasteiger partial charge in [-0.2, -0.15) is 22.7 Å². The van der Waals surface area contributed by atoms with Gasteiger partial charge < -0.3 is 9.47 Å². The highest BCUT2D eigenvalue weighted by atomic mass is 19.4. The van der Waals surface area contributed by atoms with E-state index in [1.807, 2.05) is 13.8 Å². The number of nitrogens with zero attached hydrogens (tertiary/aromatic N) is 4. The van der Waals surface area contributed by atoms with Gasteiger partial charge in [0, 0.05) is 42.9 Å². The molecule has 3 aromatic rings. The monoisotopic (exact) mass is 622 g/mol. The first-order chi connectivity index (χ1) is 21.1. The molecule has 2 aliphatic heterocycles. The number of hydrogen-bond acceptors (Lipinski definition) is 7. The largest absolute Gasteiger partial charge is 0.493 e. The van der Waals surface area contributed by atoms with Gasteiger partial charge in [0.25, 0.3) is 5.91 Å². The molecule has 4 heterocycles. The molecule has 2 N–H and O–H groups in total. The summed E-state index contributed by atoms with van der Waals surface area (Å²) in [5.41, 5.74) is 4.71. The van der Waals surface area contributed by atoms with Crippen LogP contribution in [-0.2, 0) is 15.8 Å². The minimum absolute atomic E-state index is 0.0201. The molecular formula is C29H31F5N6O4. The number of hydrazone groups is 1. The normalized spacial score (nSPS) is 16.8. The maximum Gasteiger partial charge on any atom is 0.434 e. The van der Waals surface area contributed by atoms with Crippen molar-refractivity contribution in [3.05, 3.63) is 71.2 Å². The molecule has 5 rings (SSSR count). The molecule has 10 nitrogen and oxygen atoms in total. The third-order valence-electron chi connectivity index (χ3n) is 6.73. The molecular weight excluding hydrogens is 591 g/mol. The van der Waals surface area contributed by atoms with Crippen molar-refractivity contribution in [2.45, 2.75) is 51.7 Å². The Morgan fingerprint density at radius 2 is 1.77 bits per heavy atom. The lowest BCUT2D eigenvalue weighted by Gasteiger charge is -2.30. The van der Waals surface area contributed by atoms with Crippen LogP contribution in [0.1, 0.15) is 62.5 Å². The third-order valence-corrected chi connectivity index (χ3v) is 6.73. The molecule has 2 aliphatic rings. The number of methoxy groups -OCH3 is 1. The number of fused-ring (bicyclic) bond motifs is 1. The van der Waals surface area contributed by atoms with Crippen LogP contribution in [0.5, 0.6) is 11.5 Å². The number of alkyl halides is 3. The molecule has 236 valence electrons. The fourth-order valence-electron chi connectivity index (χ4n) is 4.59. The number of benzene rings is 1. The second-order valence-electron chi connectivity index (χ2n) is 9.49. The highest BCUT2D eigenvalue weighted by Crippen LogP contribution is 2.33. The number of aromatic nitrogens is 2. The number of unbranched alkanes of at least 4 members (excludes halogenated alkanes) is 1. The lowest BCUT2D eigenvalue weighted by atomic mass is 10.0. The number of pyridine rings is 1. The summed E-state index contributed by atoms with van der Waals surface area (Å²) in [6, 6.07) is 5.04. The van der Waals surface area contributed by atoms with Gasteiger partial charge in [0.1, 0.15) is 0 Å². The number of amides is 2. The van der Waals surface area contributed by atoms with E-state index >= 15 is 0 Å². The van der Waals surface area contributed by atoms with Crippen LogP contribution < -0.4 is 20.3 Å². The van der Waals surface area contributed by atoms with Crippen LogP contribution in [0, 0.1) is 11.6 Å². The molecule has 0 saturated carbocycles. The van der Waals surface area contributed by atoms with Gasteiger partial charge in [-0.1, -0.05) is 19.9 Å². The summed E-state index contributed by atoms with van der Waals surface area (Å²) < 4.78 is 81.1. The van der Waals surface area contributed by atoms with Crippen LogP contribution in [0.2, 0.25) is 0 Å². The van der Waals surface area contributed by atoms with Gasteiger partial charge in [0.2, 0.25) is 11.7 Å². The second-order valence-corrected chi connectivity index (χ2v) is 9.49. The average Bonchev–Trinajstić information content (AvgIpc) is 3.48. The van der Waals surface area contributed by atoms with Crippen molar-refractivity contribution in [1.82, 2.24) is 25.2 Å². The number of hydrazine groups is 1. The molecule has 0 saturated heterocycles. The van der Waals surface area contributed by atoms with Gasteiger partial charge in [-0.05, 0) is 37.1 Å². The number of carbonyl (C=O) groups excluding carboxylic acids is 2. The Morgan fingerprint density at radius 3 is 2.45 bits per heavy atom. The summed E-state index contributed by atoms with van der Waals surface area (Å²) in [6.45, 7) is 4.24. The Bertz CT molecular complexity index is 1590. The highest BCUT2D eigenvalue weighted by molar-refractivity contribution is 6.04. The molecule has 44 heavy (non-hydrogen) atoms. The summed E-state index contributed by atoms with van der Waals surface area (Å²) in [5, 5.41) is 5.10. The van der Waals surface area contributed by atoms with E-state index < -0.39 is 29.5 Å². The van der Waals surface area contributed by atoms with Gasteiger partial charge in [-0.15, -0.1) is 0 Å². The second kappa shape index (κ2) is 13.8. The molecule has 1 unspecified atom stereocenters. The zero-order chi connectivity index (χ0) is 32.0. The number of hydrogen-bond donors (Lipinski definition) is 2. The zero-order valence-corrected chi connectivity index (χ0v) is 24.2. The van der Waals surface area contributed by atoms with Crippen molar-refractivity contribution in [3.8, 4) is 11.5 Å². The number of imidazole rings is 1. The third kappa shape index (κ3) is 6.98. The lowest BCUT2D eigenvalue weighted by molar-refractivity contribution is -0.140. The van der Waals surface area contributed by atoms with Gasteiger partial charge in [0.05, 0.1) is 25.5 Å². The summed E-state index contributed by atoms with van der Waals surface area (Å²) in [4.78, 5) is 27.4. The van der Waals surface area contributed by atoms with Crippen LogP contribution in [0.15, 0.2) is 47.7 Å². The molecule has 1 atom stereocenters. The molecule has 1 aromatic carbocycles. The highest BCUT2D eigenvalue weighted by Gasteiger charge is 2.35. The molecule has 0 spiro atoms. The van der Waals surface area contributed by atoms with Gasteiger partial charge in [0.15, 0.2) is 28.7 Å². The maximum absolute atomic E-state index is 14.6. The topological polar surface area (TPSA) is 110 Å². The average molecular weight is 623 g/mol. The summed E-state index contributed by atoms with van der Waals surface area (Å²) in [5.74, 6) is -3.09. The number of rotatable bonds is 9. The van der Waals surface area contributed by atoms with Crippen molar-refractivity contribution in [2.24, 2.45) is 5.10 Å². The van der Waals surface area contributed by atoms with E-state index in [-0.39, 0.29) is 66.2 Å². The molecule has 0 aliphatic carbocycles. The van der Waals surface area contributed by atoms with E-state index in [0.29, 0.717) is 18.5 Å². The van der Waals surface area contributed by atoms with E-state index in [1.165, 1.54) is 46.9 Å². The van der Waals surface area contributed by atoms with Crippen molar-refractivity contribution in [1.29, 1.82) is 0 Å². The number of nitrogens with one attached hydrogen (secondary N) is 2. The first-order valence-corrected chi connectivity index (χ1v) is 13.9. The van der Waals surface area contributed by atoms with E-state index in [2.05, 4.69) is 20.9 Å². The van der Waals surface area contributed by atoms with Crippen LogP contribution in [0.4, 0.5) is 22.0 Å². The van der Waals surface area contributed by atoms with E-state index in [4.69, 9.17) is 9.47 Å². The van der Waals surface area contributed by atoms with Crippen molar-refractivity contribution in [3.63, 3.8) is 0 Å². The van der Waals surface area contributed by atoms with Crippen molar-refractivity contribution >= 4 is 23.2 Å². The Labute approximate surface area is 249 Å². The first kappa shape index (κ1) is 32.4. The minimum atomic E-state index is -4.66. The van der Waals surface area contributed by atoms with E-state index in [0.717, 1.165) is 6.20 Å². The fraction of sp³-hybridized carbons (Fsp3) is 0.379. The van der Waals surface area contributed by atoms with Crippen LogP contribution in [-0.4, -0.2) is 52.2 Å². The number of halogens is 5. The fourth-order valence-corrected chi connectivity index (χ4v) is 4.59. The van der Waals surface area contributed by atoms with Crippen molar-refractivity contribution < 1.29 is 41.0 Å². The Hall–Kier alpha value is -4.53. The summed E-state index contributed by atoms with van der Waals surface area (Å²) >= 11 is 0. The van der Waals surface area contributed by atoms with Gasteiger partial charge >= 0.3 is 6.18 Å². The van der Waals surface area contributed by atoms with Crippen LogP contribution >= 0.6 is 0 Å². The Balaban J connectivity index is 0.00000216. The van der Waals surface area contributed by atoms with Gasteiger partial charge in [-0.3, -0.25) is 19.0 Å². The maximum atomic E-state index is 14.6. The first-order valence-electron chi connectivity index (χ1n) is 13.9. The Kier molecular flexibility index (Phi) is 10.2. The standard InChI is InChI=1S/C27H25F5N6O4.C2H6/c1-41-20-9-7-18(37-14-21(27(30,31)32)33-26(20)37)17-6-11-23(40)38(36-17)12-2-3-13-42-19-8-4-15(24(28)25(19)29)16-5-10-22(39)35-34-16;1-2/h4,6-9,11,14,17,36H,2-3,5,10,12-13H2,1H3,(H,35,39);1-2H3. The quantitative estimate of drug-likeness (QED) is 0.255. The van der Waals surface area contributed by atoms with E-state index in [1.54, 1.807) is 6.07 Å².